The Kier molecular flexibility index (Phi) is 4.04. The summed E-state index contributed by atoms with van der Waals surface area (Å²) < 4.78 is 12.9. The van der Waals surface area contributed by atoms with Gasteiger partial charge < -0.3 is 10.8 Å². The summed E-state index contributed by atoms with van der Waals surface area (Å²) in [5.74, 6) is -0.123. The number of aryl methyl sites for hydroxylation is 1. The maximum absolute atomic E-state index is 12.9. The van der Waals surface area contributed by atoms with Gasteiger partial charge in [-0.25, -0.2) is 4.39 Å². The number of hydrogen-bond donors (Lipinski definition) is 2. The van der Waals surface area contributed by atoms with Gasteiger partial charge in [0.15, 0.2) is 0 Å². The standard InChI is InChI=1S/C11H16FNO/c1-8-4-9(2-3-11(8)12)5-10(6-13)7-14/h2-4,10,14H,5-7,13H2,1H3. The summed E-state index contributed by atoms with van der Waals surface area (Å²) in [6.07, 6.45) is 0.702. The molecule has 78 valence electrons. The Morgan fingerprint density at radius 1 is 1.50 bits per heavy atom. The van der Waals surface area contributed by atoms with Crippen molar-refractivity contribution in [1.29, 1.82) is 0 Å². The minimum Gasteiger partial charge on any atom is -0.396 e. The molecule has 3 N–H and O–H groups in total. The zero-order valence-electron chi connectivity index (χ0n) is 8.33. The number of halogens is 1. The Balaban J connectivity index is 2.72. The van der Waals surface area contributed by atoms with E-state index < -0.39 is 0 Å². The number of benzene rings is 1. The molecule has 0 aliphatic carbocycles. The van der Waals surface area contributed by atoms with Gasteiger partial charge in [-0.05, 0) is 43.0 Å². The summed E-state index contributed by atoms with van der Waals surface area (Å²) in [4.78, 5) is 0. The fourth-order valence-electron chi connectivity index (χ4n) is 1.39. The first-order valence-electron chi connectivity index (χ1n) is 4.73. The number of nitrogens with two attached hydrogens (primary N) is 1. The van der Waals surface area contributed by atoms with Crippen molar-refractivity contribution in [2.45, 2.75) is 13.3 Å². The quantitative estimate of drug-likeness (QED) is 0.763. The van der Waals surface area contributed by atoms with Gasteiger partial charge in [0.25, 0.3) is 0 Å². The van der Waals surface area contributed by atoms with Crippen molar-refractivity contribution >= 4 is 0 Å². The maximum atomic E-state index is 12.9. The molecule has 2 nitrogen and oxygen atoms in total. The van der Waals surface area contributed by atoms with Gasteiger partial charge in [-0.1, -0.05) is 12.1 Å². The van der Waals surface area contributed by atoms with E-state index in [1.807, 2.05) is 0 Å². The second-order valence-electron chi connectivity index (χ2n) is 3.57. The van der Waals surface area contributed by atoms with Crippen molar-refractivity contribution in [3.8, 4) is 0 Å². The lowest BCUT2D eigenvalue weighted by atomic mass is 9.99. The van der Waals surface area contributed by atoms with Gasteiger partial charge in [-0.15, -0.1) is 0 Å². The largest absolute Gasteiger partial charge is 0.396 e. The first kappa shape index (κ1) is 11.1. The van der Waals surface area contributed by atoms with E-state index in [0.29, 0.717) is 18.5 Å². The van der Waals surface area contributed by atoms with E-state index >= 15 is 0 Å². The third kappa shape index (κ3) is 2.79. The van der Waals surface area contributed by atoms with Crippen LogP contribution in [0.2, 0.25) is 0 Å². The molecule has 3 heteroatoms. The van der Waals surface area contributed by atoms with E-state index in [0.717, 1.165) is 5.56 Å². The van der Waals surface area contributed by atoms with Crippen molar-refractivity contribution < 1.29 is 9.50 Å². The molecular formula is C11H16FNO. The monoisotopic (exact) mass is 197 g/mol. The molecule has 1 aromatic carbocycles. The second-order valence-corrected chi connectivity index (χ2v) is 3.57. The van der Waals surface area contributed by atoms with Gasteiger partial charge in [0, 0.05) is 6.61 Å². The van der Waals surface area contributed by atoms with E-state index in [2.05, 4.69) is 0 Å². The fourth-order valence-corrected chi connectivity index (χ4v) is 1.39. The molecule has 1 rings (SSSR count). The molecule has 0 fully saturated rings. The summed E-state index contributed by atoms with van der Waals surface area (Å²) >= 11 is 0. The Hall–Kier alpha value is -0.930. The molecule has 0 saturated heterocycles. The minimum atomic E-state index is -0.193. The summed E-state index contributed by atoms with van der Waals surface area (Å²) in [5.41, 5.74) is 7.12. The lowest BCUT2D eigenvalue weighted by Gasteiger charge is -2.11. The van der Waals surface area contributed by atoms with Crippen LogP contribution in [0, 0.1) is 18.7 Å². The van der Waals surface area contributed by atoms with Gasteiger partial charge in [-0.2, -0.15) is 0 Å². The van der Waals surface area contributed by atoms with Crippen LogP contribution >= 0.6 is 0 Å². The van der Waals surface area contributed by atoms with Crippen molar-refractivity contribution in [3.05, 3.63) is 35.1 Å². The summed E-state index contributed by atoms with van der Waals surface area (Å²) in [5, 5.41) is 8.96. The summed E-state index contributed by atoms with van der Waals surface area (Å²) in [6, 6.07) is 4.99. The van der Waals surface area contributed by atoms with Crippen molar-refractivity contribution in [3.63, 3.8) is 0 Å². The summed E-state index contributed by atoms with van der Waals surface area (Å²) in [7, 11) is 0. The SMILES string of the molecule is Cc1cc(CC(CN)CO)ccc1F. The molecule has 0 amide bonds. The van der Waals surface area contributed by atoms with E-state index in [1.165, 1.54) is 6.07 Å². The van der Waals surface area contributed by atoms with Crippen molar-refractivity contribution in [2.75, 3.05) is 13.2 Å². The average Bonchev–Trinajstić information content (AvgIpc) is 2.19. The predicted octanol–water partition coefficient (Wildman–Crippen LogP) is 1.24. The zero-order chi connectivity index (χ0) is 10.6. The van der Waals surface area contributed by atoms with E-state index in [9.17, 15) is 4.39 Å². The zero-order valence-corrected chi connectivity index (χ0v) is 8.33. The molecule has 0 aliphatic heterocycles. The third-order valence-corrected chi connectivity index (χ3v) is 2.34. The molecule has 0 heterocycles. The smallest absolute Gasteiger partial charge is 0.126 e. The van der Waals surface area contributed by atoms with Crippen LogP contribution < -0.4 is 5.73 Å². The number of aliphatic hydroxyl groups is 1. The van der Waals surface area contributed by atoms with Crippen LogP contribution in [0.3, 0.4) is 0 Å². The van der Waals surface area contributed by atoms with Gasteiger partial charge in [0.1, 0.15) is 5.82 Å². The maximum Gasteiger partial charge on any atom is 0.126 e. The predicted molar refractivity (Wildman–Crippen MR) is 54.5 cm³/mol. The molecule has 14 heavy (non-hydrogen) atoms. The Bertz CT molecular complexity index is 297. The van der Waals surface area contributed by atoms with Crippen molar-refractivity contribution in [2.24, 2.45) is 11.7 Å². The molecule has 0 bridgehead atoms. The molecule has 0 radical (unpaired) electrons. The van der Waals surface area contributed by atoms with Crippen LogP contribution in [-0.2, 0) is 6.42 Å². The first-order valence-corrected chi connectivity index (χ1v) is 4.73. The minimum absolute atomic E-state index is 0.0693. The molecule has 0 saturated carbocycles. The highest BCUT2D eigenvalue weighted by molar-refractivity contribution is 5.24. The van der Waals surface area contributed by atoms with E-state index in [4.69, 9.17) is 10.8 Å². The molecule has 1 aromatic rings. The fraction of sp³-hybridized carbons (Fsp3) is 0.455. The highest BCUT2D eigenvalue weighted by Gasteiger charge is 2.07. The second kappa shape index (κ2) is 5.08. The van der Waals surface area contributed by atoms with Crippen LogP contribution in [0.15, 0.2) is 18.2 Å². The lowest BCUT2D eigenvalue weighted by molar-refractivity contribution is 0.230. The average molecular weight is 197 g/mol. The molecule has 0 aromatic heterocycles. The molecule has 1 unspecified atom stereocenters. The van der Waals surface area contributed by atoms with Gasteiger partial charge in [-0.3, -0.25) is 0 Å². The number of rotatable bonds is 4. The van der Waals surface area contributed by atoms with Crippen molar-refractivity contribution in [1.82, 2.24) is 0 Å². The molecular weight excluding hydrogens is 181 g/mol. The highest BCUT2D eigenvalue weighted by atomic mass is 19.1. The van der Waals surface area contributed by atoms with Crippen LogP contribution in [0.1, 0.15) is 11.1 Å². The van der Waals surface area contributed by atoms with Gasteiger partial charge in [0.05, 0.1) is 0 Å². The highest BCUT2D eigenvalue weighted by Crippen LogP contribution is 2.12. The summed E-state index contributed by atoms with van der Waals surface area (Å²) in [6.45, 7) is 2.26. The Morgan fingerprint density at radius 3 is 2.71 bits per heavy atom. The Labute approximate surface area is 83.6 Å². The Morgan fingerprint density at radius 2 is 2.21 bits per heavy atom. The van der Waals surface area contributed by atoms with Crippen LogP contribution in [-0.4, -0.2) is 18.3 Å². The van der Waals surface area contributed by atoms with Crippen LogP contribution in [0.25, 0.3) is 0 Å². The number of aliphatic hydroxyl groups excluding tert-OH is 1. The topological polar surface area (TPSA) is 46.2 Å². The normalized spacial score (nSPS) is 12.9. The lowest BCUT2D eigenvalue weighted by Crippen LogP contribution is -2.20. The van der Waals surface area contributed by atoms with Crippen LogP contribution in [0.4, 0.5) is 4.39 Å². The van der Waals surface area contributed by atoms with E-state index in [-0.39, 0.29) is 18.3 Å². The van der Waals surface area contributed by atoms with Gasteiger partial charge >= 0.3 is 0 Å². The molecule has 0 spiro atoms. The molecule has 1 atom stereocenters. The third-order valence-electron chi connectivity index (χ3n) is 2.34. The molecule has 0 aliphatic rings. The number of hydrogen-bond acceptors (Lipinski definition) is 2. The van der Waals surface area contributed by atoms with E-state index in [1.54, 1.807) is 19.1 Å². The van der Waals surface area contributed by atoms with Crippen LogP contribution in [0.5, 0.6) is 0 Å². The first-order chi connectivity index (χ1) is 6.67. The van der Waals surface area contributed by atoms with Gasteiger partial charge in [0.2, 0.25) is 0 Å².